The van der Waals surface area contributed by atoms with E-state index in [-0.39, 0.29) is 6.10 Å². The predicted molar refractivity (Wildman–Crippen MR) is 69.7 cm³/mol. The molecule has 3 heterocycles. The molecule has 3 atom stereocenters. The van der Waals surface area contributed by atoms with Crippen LogP contribution in [0.15, 0.2) is 40.9 Å². The Kier molecular flexibility index (Phi) is 2.66. The van der Waals surface area contributed by atoms with Crippen LogP contribution in [-0.4, -0.2) is 29.3 Å². The molecule has 0 unspecified atom stereocenters. The van der Waals surface area contributed by atoms with Gasteiger partial charge in [-0.1, -0.05) is 35.5 Å². The lowest BCUT2D eigenvalue weighted by Gasteiger charge is -2.33. The zero-order chi connectivity index (χ0) is 13.6. The fourth-order valence-corrected chi connectivity index (χ4v) is 2.81. The maximum Gasteiger partial charge on any atom is 0.194 e. The number of hydrogen-bond donors (Lipinski definition) is 1. The largest absolute Gasteiger partial charge is 0.377 e. The Morgan fingerprint density at radius 3 is 2.95 bits per heavy atom. The Morgan fingerprint density at radius 1 is 1.25 bits per heavy atom. The fourth-order valence-electron chi connectivity index (χ4n) is 2.81. The molecule has 5 heteroatoms. The van der Waals surface area contributed by atoms with Crippen LogP contribution >= 0.6 is 0 Å². The molecule has 2 aliphatic rings. The lowest BCUT2D eigenvalue weighted by Crippen LogP contribution is -2.43. The summed E-state index contributed by atoms with van der Waals surface area (Å²) in [7, 11) is 0. The summed E-state index contributed by atoms with van der Waals surface area (Å²) in [6.45, 7) is 0.534. The Hall–Kier alpha value is -1.69. The molecule has 2 fully saturated rings. The summed E-state index contributed by atoms with van der Waals surface area (Å²) in [6, 6.07) is 11.5. The predicted octanol–water partition coefficient (Wildman–Crippen LogP) is 2.06. The lowest BCUT2D eigenvalue weighted by molar-refractivity contribution is -0.225. The quantitative estimate of drug-likeness (QED) is 0.907. The summed E-state index contributed by atoms with van der Waals surface area (Å²) in [5, 5.41) is 14.8. The highest BCUT2D eigenvalue weighted by atomic mass is 16.7. The summed E-state index contributed by atoms with van der Waals surface area (Å²) < 4.78 is 16.5. The van der Waals surface area contributed by atoms with Gasteiger partial charge in [0.1, 0.15) is 5.69 Å². The highest BCUT2D eigenvalue weighted by Gasteiger charge is 2.51. The van der Waals surface area contributed by atoms with Crippen molar-refractivity contribution in [1.82, 2.24) is 5.16 Å². The van der Waals surface area contributed by atoms with Gasteiger partial charge in [0.25, 0.3) is 0 Å². The van der Waals surface area contributed by atoms with Crippen molar-refractivity contribution >= 4 is 0 Å². The summed E-state index contributed by atoms with van der Waals surface area (Å²) >= 11 is 0. The Morgan fingerprint density at radius 2 is 2.10 bits per heavy atom. The SMILES string of the molecule is O[C@@]1(c2cc(-c3ccccc3)no2)CC[C@H]2CO[C@H]1O2. The summed E-state index contributed by atoms with van der Waals surface area (Å²) in [4.78, 5) is 0. The van der Waals surface area contributed by atoms with Crippen LogP contribution in [0.4, 0.5) is 0 Å². The molecule has 2 aliphatic heterocycles. The van der Waals surface area contributed by atoms with Crippen molar-refractivity contribution in [2.24, 2.45) is 0 Å². The van der Waals surface area contributed by atoms with Crippen molar-refractivity contribution in [2.45, 2.75) is 30.8 Å². The molecule has 1 aromatic heterocycles. The van der Waals surface area contributed by atoms with Crippen LogP contribution in [0.25, 0.3) is 11.3 Å². The maximum absolute atomic E-state index is 10.8. The minimum atomic E-state index is -1.24. The van der Waals surface area contributed by atoms with Crippen molar-refractivity contribution < 1.29 is 19.1 Å². The fraction of sp³-hybridized carbons (Fsp3) is 0.400. The molecule has 2 saturated heterocycles. The minimum Gasteiger partial charge on any atom is -0.377 e. The molecule has 4 rings (SSSR count). The number of benzene rings is 1. The Labute approximate surface area is 116 Å². The molecule has 2 bridgehead atoms. The third kappa shape index (κ3) is 1.78. The second kappa shape index (κ2) is 4.41. The van der Waals surface area contributed by atoms with Crippen molar-refractivity contribution in [3.63, 3.8) is 0 Å². The molecule has 104 valence electrons. The van der Waals surface area contributed by atoms with E-state index in [9.17, 15) is 5.11 Å². The average Bonchev–Trinajstić information content (AvgIpc) is 3.13. The molecule has 2 aromatic rings. The molecule has 0 aliphatic carbocycles. The summed E-state index contributed by atoms with van der Waals surface area (Å²) in [5.74, 6) is 0.404. The normalized spacial score (nSPS) is 32.5. The van der Waals surface area contributed by atoms with Gasteiger partial charge in [0.15, 0.2) is 17.7 Å². The maximum atomic E-state index is 10.8. The molecule has 0 saturated carbocycles. The van der Waals surface area contributed by atoms with Gasteiger partial charge in [0.05, 0.1) is 12.7 Å². The third-order valence-electron chi connectivity index (χ3n) is 3.99. The van der Waals surface area contributed by atoms with Crippen LogP contribution < -0.4 is 0 Å². The van der Waals surface area contributed by atoms with E-state index >= 15 is 0 Å². The van der Waals surface area contributed by atoms with Crippen LogP contribution in [0.2, 0.25) is 0 Å². The van der Waals surface area contributed by atoms with E-state index in [1.54, 1.807) is 6.07 Å². The van der Waals surface area contributed by atoms with Gasteiger partial charge in [-0.2, -0.15) is 0 Å². The summed E-state index contributed by atoms with van der Waals surface area (Å²) in [5.41, 5.74) is 0.412. The van der Waals surface area contributed by atoms with Crippen molar-refractivity contribution in [1.29, 1.82) is 0 Å². The van der Waals surface area contributed by atoms with Gasteiger partial charge in [-0.3, -0.25) is 0 Å². The van der Waals surface area contributed by atoms with Crippen LogP contribution in [0, 0.1) is 0 Å². The van der Waals surface area contributed by atoms with Gasteiger partial charge in [-0.05, 0) is 12.8 Å². The Balaban J connectivity index is 1.68. The van der Waals surface area contributed by atoms with E-state index in [0.29, 0.717) is 24.5 Å². The van der Waals surface area contributed by atoms with E-state index in [1.165, 1.54) is 0 Å². The number of aliphatic hydroxyl groups is 1. The van der Waals surface area contributed by atoms with E-state index in [0.717, 1.165) is 12.0 Å². The van der Waals surface area contributed by atoms with E-state index in [4.69, 9.17) is 14.0 Å². The zero-order valence-electron chi connectivity index (χ0n) is 10.9. The molecular weight excluding hydrogens is 258 g/mol. The molecular formula is C15H15NO4. The molecule has 0 amide bonds. The molecule has 1 aromatic carbocycles. The van der Waals surface area contributed by atoms with Gasteiger partial charge < -0.3 is 19.1 Å². The van der Waals surface area contributed by atoms with Gasteiger partial charge >= 0.3 is 0 Å². The molecule has 1 N–H and O–H groups in total. The first kappa shape index (κ1) is 12.1. The topological polar surface area (TPSA) is 64.7 Å². The first-order valence-electron chi connectivity index (χ1n) is 6.78. The number of aromatic nitrogens is 1. The monoisotopic (exact) mass is 273 g/mol. The van der Waals surface area contributed by atoms with Crippen molar-refractivity contribution in [3.8, 4) is 11.3 Å². The van der Waals surface area contributed by atoms with Crippen LogP contribution in [0.3, 0.4) is 0 Å². The van der Waals surface area contributed by atoms with Crippen LogP contribution in [0.5, 0.6) is 0 Å². The smallest absolute Gasteiger partial charge is 0.194 e. The van der Waals surface area contributed by atoms with E-state index < -0.39 is 11.9 Å². The number of ether oxygens (including phenoxy) is 2. The number of fused-ring (bicyclic) bond motifs is 2. The molecule has 20 heavy (non-hydrogen) atoms. The zero-order valence-corrected chi connectivity index (χ0v) is 10.9. The minimum absolute atomic E-state index is 0.0943. The van der Waals surface area contributed by atoms with Crippen molar-refractivity contribution in [2.75, 3.05) is 6.61 Å². The van der Waals surface area contributed by atoms with Gasteiger partial charge in [0, 0.05) is 11.6 Å². The highest BCUT2D eigenvalue weighted by Crippen LogP contribution is 2.42. The van der Waals surface area contributed by atoms with Gasteiger partial charge in [-0.15, -0.1) is 0 Å². The highest BCUT2D eigenvalue weighted by molar-refractivity contribution is 5.58. The number of hydrogen-bond acceptors (Lipinski definition) is 5. The van der Waals surface area contributed by atoms with Crippen molar-refractivity contribution in [3.05, 3.63) is 42.2 Å². The van der Waals surface area contributed by atoms with Crippen LogP contribution in [0.1, 0.15) is 18.6 Å². The Bertz CT molecular complexity index is 611. The molecule has 0 radical (unpaired) electrons. The van der Waals surface area contributed by atoms with Gasteiger partial charge in [0.2, 0.25) is 0 Å². The van der Waals surface area contributed by atoms with Crippen LogP contribution in [-0.2, 0) is 15.1 Å². The second-order valence-corrected chi connectivity index (χ2v) is 5.33. The third-order valence-corrected chi connectivity index (χ3v) is 3.99. The number of rotatable bonds is 2. The molecule has 5 nitrogen and oxygen atoms in total. The standard InChI is InChI=1S/C15H15NO4/c17-15(7-6-11-9-18-14(15)19-11)13-8-12(16-20-13)10-4-2-1-3-5-10/h1-5,8,11,14,17H,6-7,9H2/t11-,14-,15+/m0/s1. The second-order valence-electron chi connectivity index (χ2n) is 5.33. The first-order chi connectivity index (χ1) is 9.75. The molecule has 0 spiro atoms. The van der Waals surface area contributed by atoms with E-state index in [1.807, 2.05) is 30.3 Å². The van der Waals surface area contributed by atoms with E-state index in [2.05, 4.69) is 5.16 Å². The number of nitrogens with zero attached hydrogens (tertiary/aromatic N) is 1. The average molecular weight is 273 g/mol. The van der Waals surface area contributed by atoms with Gasteiger partial charge in [-0.25, -0.2) is 0 Å². The lowest BCUT2D eigenvalue weighted by atomic mass is 9.90. The first-order valence-corrected chi connectivity index (χ1v) is 6.78. The summed E-state index contributed by atoms with van der Waals surface area (Å²) in [6.07, 6.45) is 0.759.